The Bertz CT molecular complexity index is 320. The van der Waals surface area contributed by atoms with Crippen LogP contribution in [0.25, 0.3) is 6.08 Å². The summed E-state index contributed by atoms with van der Waals surface area (Å²) < 4.78 is 0. The van der Waals surface area contributed by atoms with Gasteiger partial charge in [-0.15, -0.1) is 0 Å². The Labute approximate surface area is 98.8 Å². The molecule has 0 radical (unpaired) electrons. The lowest BCUT2D eigenvalue weighted by Gasteiger charge is -2.23. The second-order valence-electron chi connectivity index (χ2n) is 4.76. The number of likely N-dealkylation sites (tertiary alicyclic amines) is 1. The van der Waals surface area contributed by atoms with E-state index in [2.05, 4.69) is 30.8 Å². The molecule has 1 aliphatic rings. The van der Waals surface area contributed by atoms with Crippen LogP contribution in [0.3, 0.4) is 0 Å². The number of piperidine rings is 1. The summed E-state index contributed by atoms with van der Waals surface area (Å²) in [6.07, 6.45) is 7.40. The van der Waals surface area contributed by atoms with Gasteiger partial charge in [0.1, 0.15) is 0 Å². The van der Waals surface area contributed by atoms with Gasteiger partial charge < -0.3 is 4.90 Å². The van der Waals surface area contributed by atoms with Crippen LogP contribution in [-0.2, 0) is 6.42 Å². The van der Waals surface area contributed by atoms with Gasteiger partial charge >= 0.3 is 0 Å². The van der Waals surface area contributed by atoms with E-state index in [0.29, 0.717) is 0 Å². The zero-order valence-electron chi connectivity index (χ0n) is 10.0. The van der Waals surface area contributed by atoms with Crippen LogP contribution in [0.1, 0.15) is 30.4 Å². The van der Waals surface area contributed by atoms with Gasteiger partial charge in [0.15, 0.2) is 0 Å². The van der Waals surface area contributed by atoms with Gasteiger partial charge in [0.05, 0.1) is 19.6 Å². The molecule has 0 unspecified atom stereocenters. The molecule has 1 N–H and O–H groups in total. The maximum atomic E-state index is 3.78. The van der Waals surface area contributed by atoms with Gasteiger partial charge in [-0.05, 0) is 30.4 Å². The molecule has 1 aliphatic heterocycles. The van der Waals surface area contributed by atoms with Gasteiger partial charge in [0.25, 0.3) is 0 Å². The lowest BCUT2D eigenvalue weighted by molar-refractivity contribution is -0.904. The normalized spacial score (nSPS) is 17.2. The Hall–Kier alpha value is -1.08. The van der Waals surface area contributed by atoms with Gasteiger partial charge in [0.2, 0.25) is 0 Å². The largest absolute Gasteiger partial charge is 0.335 e. The maximum absolute atomic E-state index is 3.78. The van der Waals surface area contributed by atoms with Crippen molar-refractivity contribution in [3.05, 3.63) is 42.0 Å². The minimum atomic E-state index is 1.22. The fourth-order valence-corrected chi connectivity index (χ4v) is 2.44. The maximum Gasteiger partial charge on any atom is 0.0811 e. The molecule has 0 aromatic heterocycles. The van der Waals surface area contributed by atoms with Crippen molar-refractivity contribution in [2.24, 2.45) is 0 Å². The third-order valence-electron chi connectivity index (χ3n) is 3.54. The molecule has 1 fully saturated rings. The third-order valence-corrected chi connectivity index (χ3v) is 3.54. The Kier molecular flexibility index (Phi) is 4.17. The van der Waals surface area contributed by atoms with E-state index in [1.807, 2.05) is 6.08 Å². The Morgan fingerprint density at radius 3 is 2.38 bits per heavy atom. The number of quaternary nitrogens is 1. The summed E-state index contributed by atoms with van der Waals surface area (Å²) in [5, 5.41) is 0. The van der Waals surface area contributed by atoms with Gasteiger partial charge in [-0.2, -0.15) is 0 Å². The van der Waals surface area contributed by atoms with E-state index in [0.717, 1.165) is 0 Å². The minimum absolute atomic E-state index is 1.22. The standard InChI is InChI=1S/C15H21N/c1-2-14-6-8-15(9-7-14)10-13-16-11-4-3-5-12-16/h2,6-9H,1,3-5,10-13H2/p+1. The Balaban J connectivity index is 1.81. The summed E-state index contributed by atoms with van der Waals surface area (Å²) in [6, 6.07) is 8.79. The van der Waals surface area contributed by atoms with Crippen LogP contribution in [0.15, 0.2) is 30.8 Å². The van der Waals surface area contributed by atoms with Crippen LogP contribution < -0.4 is 4.90 Å². The van der Waals surface area contributed by atoms with Crippen LogP contribution in [0.5, 0.6) is 0 Å². The third kappa shape index (κ3) is 3.21. The van der Waals surface area contributed by atoms with Crippen LogP contribution in [0.4, 0.5) is 0 Å². The van der Waals surface area contributed by atoms with Crippen LogP contribution in [0, 0.1) is 0 Å². The van der Waals surface area contributed by atoms with Crippen molar-refractivity contribution in [3.63, 3.8) is 0 Å². The molecule has 1 aromatic carbocycles. The van der Waals surface area contributed by atoms with E-state index in [4.69, 9.17) is 0 Å². The SMILES string of the molecule is C=Cc1ccc(CC[NH+]2CCCCC2)cc1. The van der Waals surface area contributed by atoms with Crippen molar-refractivity contribution in [2.45, 2.75) is 25.7 Å². The summed E-state index contributed by atoms with van der Waals surface area (Å²) in [4.78, 5) is 1.79. The monoisotopic (exact) mass is 216 g/mol. The van der Waals surface area contributed by atoms with E-state index in [-0.39, 0.29) is 0 Å². The van der Waals surface area contributed by atoms with Gasteiger partial charge in [-0.25, -0.2) is 0 Å². The second kappa shape index (κ2) is 5.86. The molecule has 1 aromatic rings. The van der Waals surface area contributed by atoms with E-state index in [9.17, 15) is 0 Å². The number of rotatable bonds is 4. The minimum Gasteiger partial charge on any atom is -0.335 e. The van der Waals surface area contributed by atoms with E-state index in [1.54, 1.807) is 4.90 Å². The predicted molar refractivity (Wildman–Crippen MR) is 69.7 cm³/mol. The fourth-order valence-electron chi connectivity index (χ4n) is 2.44. The average Bonchev–Trinajstić information content (AvgIpc) is 2.38. The summed E-state index contributed by atoms with van der Waals surface area (Å²) in [6.45, 7) is 7.83. The summed E-state index contributed by atoms with van der Waals surface area (Å²) in [5.41, 5.74) is 2.68. The van der Waals surface area contributed by atoms with Crippen molar-refractivity contribution in [1.29, 1.82) is 0 Å². The summed E-state index contributed by atoms with van der Waals surface area (Å²) in [5.74, 6) is 0. The highest BCUT2D eigenvalue weighted by Crippen LogP contribution is 2.05. The first-order valence-electron chi connectivity index (χ1n) is 6.43. The van der Waals surface area contributed by atoms with Crippen molar-refractivity contribution < 1.29 is 4.90 Å². The second-order valence-corrected chi connectivity index (χ2v) is 4.76. The predicted octanol–water partition coefficient (Wildman–Crippen LogP) is 1.94. The van der Waals surface area contributed by atoms with Crippen molar-refractivity contribution >= 4 is 6.08 Å². The van der Waals surface area contributed by atoms with Crippen LogP contribution in [0.2, 0.25) is 0 Å². The molecule has 0 saturated carbocycles. The van der Waals surface area contributed by atoms with Crippen molar-refractivity contribution in [1.82, 2.24) is 0 Å². The lowest BCUT2D eigenvalue weighted by Crippen LogP contribution is -3.13. The van der Waals surface area contributed by atoms with Gasteiger partial charge in [-0.1, -0.05) is 36.9 Å². The van der Waals surface area contributed by atoms with E-state index < -0.39 is 0 Å². The highest BCUT2D eigenvalue weighted by molar-refractivity contribution is 5.47. The number of benzene rings is 1. The average molecular weight is 216 g/mol. The smallest absolute Gasteiger partial charge is 0.0811 e. The molecule has 16 heavy (non-hydrogen) atoms. The first-order chi connectivity index (χ1) is 7.88. The number of hydrogen-bond donors (Lipinski definition) is 1. The molecule has 1 heterocycles. The van der Waals surface area contributed by atoms with Gasteiger partial charge in [0, 0.05) is 6.42 Å². The van der Waals surface area contributed by atoms with E-state index in [1.165, 1.54) is 56.4 Å². The topological polar surface area (TPSA) is 4.44 Å². The number of hydrogen-bond acceptors (Lipinski definition) is 0. The molecule has 2 rings (SSSR count). The molecule has 1 heteroatoms. The van der Waals surface area contributed by atoms with Crippen LogP contribution in [-0.4, -0.2) is 19.6 Å². The lowest BCUT2D eigenvalue weighted by atomic mass is 10.1. The quantitative estimate of drug-likeness (QED) is 0.784. The molecule has 1 nitrogen and oxygen atoms in total. The molecule has 0 amide bonds. The van der Waals surface area contributed by atoms with Gasteiger partial charge in [-0.3, -0.25) is 0 Å². The zero-order valence-corrected chi connectivity index (χ0v) is 10.0. The highest BCUT2D eigenvalue weighted by atomic mass is 15.1. The Morgan fingerprint density at radius 1 is 1.06 bits per heavy atom. The molecule has 0 aliphatic carbocycles. The molecular formula is C15H22N+. The molecular weight excluding hydrogens is 194 g/mol. The van der Waals surface area contributed by atoms with E-state index >= 15 is 0 Å². The summed E-state index contributed by atoms with van der Waals surface area (Å²) >= 11 is 0. The highest BCUT2D eigenvalue weighted by Gasteiger charge is 2.12. The molecule has 0 spiro atoms. The molecule has 0 bridgehead atoms. The molecule has 86 valence electrons. The summed E-state index contributed by atoms with van der Waals surface area (Å²) in [7, 11) is 0. The first-order valence-corrected chi connectivity index (χ1v) is 6.43. The first kappa shape index (κ1) is 11.4. The number of nitrogens with one attached hydrogen (secondary N) is 1. The van der Waals surface area contributed by atoms with Crippen molar-refractivity contribution in [3.8, 4) is 0 Å². The van der Waals surface area contributed by atoms with Crippen molar-refractivity contribution in [2.75, 3.05) is 19.6 Å². The molecule has 1 saturated heterocycles. The molecule has 0 atom stereocenters. The fraction of sp³-hybridized carbons (Fsp3) is 0.467. The zero-order chi connectivity index (χ0) is 11.2. The Morgan fingerprint density at radius 2 is 1.75 bits per heavy atom. The van der Waals surface area contributed by atoms with Crippen LogP contribution >= 0.6 is 0 Å².